The molecule has 1 fully saturated rings. The number of aromatic nitrogens is 2. The van der Waals surface area contributed by atoms with Crippen molar-refractivity contribution in [2.75, 3.05) is 20.3 Å². The smallest absolute Gasteiger partial charge is 0.216 e. The average Bonchev–Trinajstić information content (AvgIpc) is 3.09. The summed E-state index contributed by atoms with van der Waals surface area (Å²) < 4.78 is 12.7. The Kier molecular flexibility index (Phi) is 7.94. The molecule has 1 aromatic heterocycles. The SMILES string of the molecule is CCc1nn(C)c(OC)c1CN=C(N)NCC1CCCO1.I. The van der Waals surface area contributed by atoms with E-state index in [1.54, 1.807) is 11.8 Å². The average molecular weight is 423 g/mol. The van der Waals surface area contributed by atoms with Crippen LogP contribution in [-0.4, -0.2) is 42.1 Å². The molecule has 22 heavy (non-hydrogen) atoms. The van der Waals surface area contributed by atoms with Gasteiger partial charge in [-0.15, -0.1) is 24.0 Å². The van der Waals surface area contributed by atoms with Crippen LogP contribution in [0, 0.1) is 0 Å². The molecule has 0 aliphatic carbocycles. The fraction of sp³-hybridized carbons (Fsp3) is 0.714. The van der Waals surface area contributed by atoms with Crippen molar-refractivity contribution in [2.24, 2.45) is 17.8 Å². The van der Waals surface area contributed by atoms with E-state index in [0.717, 1.165) is 43.0 Å². The lowest BCUT2D eigenvalue weighted by atomic mass is 10.2. The van der Waals surface area contributed by atoms with Gasteiger partial charge in [-0.25, -0.2) is 9.67 Å². The Labute approximate surface area is 148 Å². The van der Waals surface area contributed by atoms with Gasteiger partial charge < -0.3 is 20.5 Å². The van der Waals surface area contributed by atoms with E-state index in [1.807, 2.05) is 7.05 Å². The van der Waals surface area contributed by atoms with Gasteiger partial charge in [-0.3, -0.25) is 0 Å². The molecule has 126 valence electrons. The Morgan fingerprint density at radius 1 is 1.59 bits per heavy atom. The minimum atomic E-state index is 0. The van der Waals surface area contributed by atoms with Crippen LogP contribution in [0.25, 0.3) is 0 Å². The van der Waals surface area contributed by atoms with Crippen LogP contribution < -0.4 is 15.8 Å². The number of nitrogens with one attached hydrogen (secondary N) is 1. The Hall–Kier alpha value is -1.03. The first-order valence-corrected chi connectivity index (χ1v) is 7.39. The van der Waals surface area contributed by atoms with E-state index < -0.39 is 0 Å². The number of aryl methyl sites for hydroxylation is 2. The molecule has 0 bridgehead atoms. The van der Waals surface area contributed by atoms with Crippen LogP contribution in [0.1, 0.15) is 31.0 Å². The predicted molar refractivity (Wildman–Crippen MR) is 96.9 cm³/mol. The lowest BCUT2D eigenvalue weighted by Crippen LogP contribution is -2.37. The van der Waals surface area contributed by atoms with Gasteiger partial charge in [0.05, 0.1) is 31.0 Å². The normalized spacial score (nSPS) is 18.1. The van der Waals surface area contributed by atoms with E-state index in [-0.39, 0.29) is 30.1 Å². The fourth-order valence-corrected chi connectivity index (χ4v) is 2.55. The summed E-state index contributed by atoms with van der Waals surface area (Å²) in [5.74, 6) is 1.17. The zero-order valence-corrected chi connectivity index (χ0v) is 15.8. The molecule has 0 spiro atoms. The molecular weight excluding hydrogens is 397 g/mol. The maximum atomic E-state index is 5.90. The maximum Gasteiger partial charge on any atom is 0.216 e. The zero-order chi connectivity index (χ0) is 15.2. The van der Waals surface area contributed by atoms with Gasteiger partial charge in [0.1, 0.15) is 0 Å². The van der Waals surface area contributed by atoms with Gasteiger partial charge in [0.15, 0.2) is 5.96 Å². The molecule has 1 saturated heterocycles. The largest absolute Gasteiger partial charge is 0.481 e. The third-order valence-corrected chi connectivity index (χ3v) is 3.64. The standard InChI is InChI=1S/C14H25N5O2.HI/c1-4-12-11(13(20-3)19(2)18-12)9-17-14(15)16-8-10-6-5-7-21-10;/h10H,4-9H2,1-3H3,(H3,15,16,17);1H. The summed E-state index contributed by atoms with van der Waals surface area (Å²) in [6.45, 7) is 4.08. The summed E-state index contributed by atoms with van der Waals surface area (Å²) >= 11 is 0. The van der Waals surface area contributed by atoms with Gasteiger partial charge in [0.2, 0.25) is 5.88 Å². The summed E-state index contributed by atoms with van der Waals surface area (Å²) in [7, 11) is 3.51. The van der Waals surface area contributed by atoms with Crippen molar-refractivity contribution in [3.8, 4) is 5.88 Å². The minimum Gasteiger partial charge on any atom is -0.481 e. The van der Waals surface area contributed by atoms with Crippen molar-refractivity contribution in [3.63, 3.8) is 0 Å². The molecule has 2 rings (SSSR count). The number of hydrogen-bond donors (Lipinski definition) is 2. The van der Waals surface area contributed by atoms with Crippen LogP contribution in [-0.2, 0) is 24.8 Å². The van der Waals surface area contributed by atoms with Crippen LogP contribution in [0.15, 0.2) is 4.99 Å². The predicted octanol–water partition coefficient (Wildman–Crippen LogP) is 1.19. The second-order valence-corrected chi connectivity index (χ2v) is 5.13. The van der Waals surface area contributed by atoms with Gasteiger partial charge >= 0.3 is 0 Å². The summed E-state index contributed by atoms with van der Waals surface area (Å²) in [5.41, 5.74) is 7.89. The third-order valence-electron chi connectivity index (χ3n) is 3.64. The van der Waals surface area contributed by atoms with E-state index in [4.69, 9.17) is 15.2 Å². The first-order chi connectivity index (χ1) is 10.2. The first kappa shape index (κ1) is 19.0. The minimum absolute atomic E-state index is 0. The Morgan fingerprint density at radius 2 is 2.36 bits per heavy atom. The molecule has 0 saturated carbocycles. The number of guanidine groups is 1. The van der Waals surface area contributed by atoms with Gasteiger partial charge in [-0.2, -0.15) is 5.10 Å². The van der Waals surface area contributed by atoms with Crippen molar-refractivity contribution in [2.45, 2.75) is 38.8 Å². The van der Waals surface area contributed by atoms with Gasteiger partial charge in [-0.1, -0.05) is 6.92 Å². The van der Waals surface area contributed by atoms with E-state index in [1.165, 1.54) is 0 Å². The second kappa shape index (κ2) is 9.19. The molecule has 0 amide bonds. The van der Waals surface area contributed by atoms with Crippen molar-refractivity contribution < 1.29 is 9.47 Å². The van der Waals surface area contributed by atoms with Crippen LogP contribution in [0.4, 0.5) is 0 Å². The molecule has 7 nitrogen and oxygen atoms in total. The molecular formula is C14H26IN5O2. The monoisotopic (exact) mass is 423 g/mol. The first-order valence-electron chi connectivity index (χ1n) is 7.39. The molecule has 0 radical (unpaired) electrons. The third kappa shape index (κ3) is 4.73. The van der Waals surface area contributed by atoms with Gasteiger partial charge in [0.25, 0.3) is 0 Å². The van der Waals surface area contributed by atoms with Crippen molar-refractivity contribution in [3.05, 3.63) is 11.3 Å². The lowest BCUT2D eigenvalue weighted by Gasteiger charge is -2.11. The Balaban J connectivity index is 0.00000242. The van der Waals surface area contributed by atoms with Crippen molar-refractivity contribution in [1.82, 2.24) is 15.1 Å². The van der Waals surface area contributed by atoms with Gasteiger partial charge in [0, 0.05) is 20.2 Å². The molecule has 0 aromatic carbocycles. The number of rotatable bonds is 6. The quantitative estimate of drug-likeness (QED) is 0.408. The van der Waals surface area contributed by atoms with E-state index in [9.17, 15) is 0 Å². The highest BCUT2D eigenvalue weighted by molar-refractivity contribution is 14.0. The van der Waals surface area contributed by atoms with E-state index in [0.29, 0.717) is 19.0 Å². The van der Waals surface area contributed by atoms with Gasteiger partial charge in [-0.05, 0) is 19.3 Å². The lowest BCUT2D eigenvalue weighted by molar-refractivity contribution is 0.114. The van der Waals surface area contributed by atoms with Crippen LogP contribution >= 0.6 is 24.0 Å². The van der Waals surface area contributed by atoms with Crippen LogP contribution in [0.3, 0.4) is 0 Å². The summed E-state index contributed by atoms with van der Waals surface area (Å²) in [4.78, 5) is 4.38. The highest BCUT2D eigenvalue weighted by atomic mass is 127. The molecule has 8 heteroatoms. The number of aliphatic imine (C=N–C) groups is 1. The van der Waals surface area contributed by atoms with Crippen LogP contribution in [0.5, 0.6) is 5.88 Å². The summed E-state index contributed by atoms with van der Waals surface area (Å²) in [6.07, 6.45) is 3.29. The molecule has 3 N–H and O–H groups in total. The highest BCUT2D eigenvalue weighted by Gasteiger charge is 2.16. The number of halogens is 1. The number of nitrogens with two attached hydrogens (primary N) is 1. The number of nitrogens with zero attached hydrogens (tertiary/aromatic N) is 3. The van der Waals surface area contributed by atoms with Crippen molar-refractivity contribution >= 4 is 29.9 Å². The number of ether oxygens (including phenoxy) is 2. The second-order valence-electron chi connectivity index (χ2n) is 5.13. The molecule has 1 aliphatic heterocycles. The number of hydrogen-bond acceptors (Lipinski definition) is 4. The zero-order valence-electron chi connectivity index (χ0n) is 13.5. The maximum absolute atomic E-state index is 5.90. The summed E-state index contributed by atoms with van der Waals surface area (Å²) in [6, 6.07) is 0. The Morgan fingerprint density at radius 3 is 2.95 bits per heavy atom. The number of methoxy groups -OCH3 is 1. The fourth-order valence-electron chi connectivity index (χ4n) is 2.55. The van der Waals surface area contributed by atoms with E-state index >= 15 is 0 Å². The van der Waals surface area contributed by atoms with E-state index in [2.05, 4.69) is 22.3 Å². The molecule has 1 atom stereocenters. The molecule has 1 unspecified atom stereocenters. The van der Waals surface area contributed by atoms with Crippen LogP contribution in [0.2, 0.25) is 0 Å². The Bertz CT molecular complexity index is 498. The molecule has 1 aliphatic rings. The topological polar surface area (TPSA) is 86.7 Å². The summed E-state index contributed by atoms with van der Waals surface area (Å²) in [5, 5.41) is 7.54. The molecule has 1 aromatic rings. The highest BCUT2D eigenvalue weighted by Crippen LogP contribution is 2.22. The van der Waals surface area contributed by atoms with Crippen molar-refractivity contribution in [1.29, 1.82) is 0 Å². The molecule has 2 heterocycles.